The summed E-state index contributed by atoms with van der Waals surface area (Å²) in [7, 11) is 0. The normalized spacial score (nSPS) is 21.2. The Morgan fingerprint density at radius 1 is 1.38 bits per heavy atom. The van der Waals surface area contributed by atoms with Gasteiger partial charge in [0, 0.05) is 11.3 Å². The van der Waals surface area contributed by atoms with Gasteiger partial charge >= 0.3 is 0 Å². The Balaban J connectivity index is 2.07. The zero-order valence-electron chi connectivity index (χ0n) is 11.2. The van der Waals surface area contributed by atoms with Crippen LogP contribution in [0, 0.1) is 0 Å². The van der Waals surface area contributed by atoms with Crippen LogP contribution in [0.4, 0.5) is 0 Å². The van der Waals surface area contributed by atoms with Gasteiger partial charge in [-0.3, -0.25) is 0 Å². The Labute approximate surface area is 106 Å². The Bertz CT molecular complexity index is 167. The summed E-state index contributed by atoms with van der Waals surface area (Å²) in [5, 5.41) is 4.45. The van der Waals surface area contributed by atoms with Gasteiger partial charge in [0.05, 0.1) is 0 Å². The lowest BCUT2D eigenvalue weighted by Crippen LogP contribution is -2.43. The van der Waals surface area contributed by atoms with Gasteiger partial charge in [0.2, 0.25) is 0 Å². The summed E-state index contributed by atoms with van der Waals surface area (Å²) in [6.07, 6.45) is 7.49. The maximum Gasteiger partial charge on any atom is 0.00914 e. The van der Waals surface area contributed by atoms with Gasteiger partial charge in [-0.25, -0.2) is 0 Å². The van der Waals surface area contributed by atoms with Crippen LogP contribution >= 0.6 is 11.8 Å². The van der Waals surface area contributed by atoms with Crippen molar-refractivity contribution >= 4 is 11.8 Å². The standard InChI is InChI=1S/C13H28N2S/c1-4-8-14-13-6-10-15(11-7-13)9-5-12(2)16-3/h12-14H,4-11H2,1-3H3. The molecule has 0 bridgehead atoms. The van der Waals surface area contributed by atoms with Crippen LogP contribution in [0.1, 0.15) is 39.5 Å². The topological polar surface area (TPSA) is 15.3 Å². The zero-order chi connectivity index (χ0) is 11.8. The smallest absolute Gasteiger partial charge is 0.00914 e. The predicted octanol–water partition coefficient (Wildman–Crippen LogP) is 2.59. The molecule has 1 N–H and O–H groups in total. The predicted molar refractivity (Wildman–Crippen MR) is 75.3 cm³/mol. The second-order valence-electron chi connectivity index (χ2n) is 4.91. The highest BCUT2D eigenvalue weighted by molar-refractivity contribution is 7.99. The van der Waals surface area contributed by atoms with E-state index in [4.69, 9.17) is 0 Å². The Morgan fingerprint density at radius 2 is 2.06 bits per heavy atom. The van der Waals surface area contributed by atoms with Crippen LogP contribution in [0.25, 0.3) is 0 Å². The minimum atomic E-state index is 0.786. The fourth-order valence-electron chi connectivity index (χ4n) is 2.19. The Kier molecular flexibility index (Phi) is 7.50. The van der Waals surface area contributed by atoms with Crippen molar-refractivity contribution in [2.24, 2.45) is 0 Å². The van der Waals surface area contributed by atoms with Gasteiger partial charge in [-0.2, -0.15) is 11.8 Å². The van der Waals surface area contributed by atoms with Crippen molar-refractivity contribution in [2.75, 3.05) is 32.4 Å². The summed E-state index contributed by atoms with van der Waals surface area (Å²) >= 11 is 1.99. The zero-order valence-corrected chi connectivity index (χ0v) is 12.0. The number of hydrogen-bond donors (Lipinski definition) is 1. The number of hydrogen-bond acceptors (Lipinski definition) is 3. The number of likely N-dealkylation sites (tertiary alicyclic amines) is 1. The van der Waals surface area contributed by atoms with Gasteiger partial charge in [-0.05, 0) is 58.1 Å². The second-order valence-corrected chi connectivity index (χ2v) is 6.18. The van der Waals surface area contributed by atoms with E-state index < -0.39 is 0 Å². The Morgan fingerprint density at radius 3 is 2.62 bits per heavy atom. The van der Waals surface area contributed by atoms with Crippen molar-refractivity contribution in [3.05, 3.63) is 0 Å². The third-order valence-electron chi connectivity index (χ3n) is 3.52. The molecule has 0 amide bonds. The average Bonchev–Trinajstić information content (AvgIpc) is 2.34. The summed E-state index contributed by atoms with van der Waals surface area (Å²) in [5.41, 5.74) is 0. The molecule has 1 heterocycles. The van der Waals surface area contributed by atoms with Crippen molar-refractivity contribution in [3.63, 3.8) is 0 Å². The largest absolute Gasteiger partial charge is 0.314 e. The molecule has 0 aromatic heterocycles. The molecule has 0 saturated carbocycles. The number of nitrogens with one attached hydrogen (secondary N) is 1. The first-order chi connectivity index (χ1) is 7.76. The molecule has 1 unspecified atom stereocenters. The van der Waals surface area contributed by atoms with Crippen LogP contribution in [0.15, 0.2) is 0 Å². The first-order valence-electron chi connectivity index (χ1n) is 6.74. The minimum absolute atomic E-state index is 0.786. The van der Waals surface area contributed by atoms with Gasteiger partial charge < -0.3 is 10.2 Å². The molecule has 0 aromatic rings. The molecule has 0 radical (unpaired) electrons. The lowest BCUT2D eigenvalue weighted by atomic mass is 10.0. The fourth-order valence-corrected chi connectivity index (χ4v) is 2.53. The van der Waals surface area contributed by atoms with Crippen molar-refractivity contribution < 1.29 is 0 Å². The van der Waals surface area contributed by atoms with E-state index in [1.165, 1.54) is 51.9 Å². The van der Waals surface area contributed by atoms with Crippen LogP contribution in [0.3, 0.4) is 0 Å². The molecule has 2 nitrogen and oxygen atoms in total. The number of thioether (sulfide) groups is 1. The summed E-state index contributed by atoms with van der Waals surface area (Å²) in [4.78, 5) is 2.64. The van der Waals surface area contributed by atoms with E-state index in [-0.39, 0.29) is 0 Å². The molecule has 1 aliphatic heterocycles. The highest BCUT2D eigenvalue weighted by atomic mass is 32.2. The molecule has 1 saturated heterocycles. The van der Waals surface area contributed by atoms with Gasteiger partial charge in [-0.1, -0.05) is 13.8 Å². The van der Waals surface area contributed by atoms with Crippen molar-refractivity contribution in [1.82, 2.24) is 10.2 Å². The molecular weight excluding hydrogens is 216 g/mol. The van der Waals surface area contributed by atoms with Crippen LogP contribution in [0.2, 0.25) is 0 Å². The first kappa shape index (κ1) is 14.3. The molecule has 0 spiro atoms. The molecule has 96 valence electrons. The Hall–Kier alpha value is 0.270. The third-order valence-corrected chi connectivity index (χ3v) is 4.57. The quantitative estimate of drug-likeness (QED) is 0.741. The lowest BCUT2D eigenvalue weighted by Gasteiger charge is -2.32. The van der Waals surface area contributed by atoms with Crippen LogP contribution in [-0.2, 0) is 0 Å². The molecule has 1 fully saturated rings. The van der Waals surface area contributed by atoms with Gasteiger partial charge in [0.1, 0.15) is 0 Å². The van der Waals surface area contributed by atoms with Gasteiger partial charge in [0.25, 0.3) is 0 Å². The van der Waals surface area contributed by atoms with Crippen LogP contribution in [0.5, 0.6) is 0 Å². The van der Waals surface area contributed by atoms with Crippen molar-refractivity contribution in [3.8, 4) is 0 Å². The number of rotatable bonds is 7. The van der Waals surface area contributed by atoms with E-state index in [1.54, 1.807) is 0 Å². The molecule has 1 rings (SSSR count). The van der Waals surface area contributed by atoms with E-state index in [9.17, 15) is 0 Å². The van der Waals surface area contributed by atoms with Crippen molar-refractivity contribution in [1.29, 1.82) is 0 Å². The molecular formula is C13H28N2S. The highest BCUT2D eigenvalue weighted by Gasteiger charge is 2.18. The van der Waals surface area contributed by atoms with Crippen LogP contribution in [-0.4, -0.2) is 48.6 Å². The molecule has 1 atom stereocenters. The molecule has 0 aliphatic carbocycles. The fraction of sp³-hybridized carbons (Fsp3) is 1.00. The van der Waals surface area contributed by atoms with E-state index in [1.807, 2.05) is 11.8 Å². The number of piperidine rings is 1. The molecule has 1 aliphatic rings. The van der Waals surface area contributed by atoms with E-state index >= 15 is 0 Å². The lowest BCUT2D eigenvalue weighted by molar-refractivity contribution is 0.196. The SMILES string of the molecule is CCCNC1CCN(CCC(C)SC)CC1. The summed E-state index contributed by atoms with van der Waals surface area (Å²) in [6.45, 7) is 9.65. The highest BCUT2D eigenvalue weighted by Crippen LogP contribution is 2.14. The molecule has 0 aromatic carbocycles. The minimum Gasteiger partial charge on any atom is -0.314 e. The number of nitrogens with zero attached hydrogens (tertiary/aromatic N) is 1. The summed E-state index contributed by atoms with van der Waals surface area (Å²) < 4.78 is 0. The van der Waals surface area contributed by atoms with Crippen LogP contribution < -0.4 is 5.32 Å². The maximum absolute atomic E-state index is 3.64. The summed E-state index contributed by atoms with van der Waals surface area (Å²) in [6, 6.07) is 0.786. The monoisotopic (exact) mass is 244 g/mol. The van der Waals surface area contributed by atoms with E-state index in [0.29, 0.717) is 0 Å². The van der Waals surface area contributed by atoms with E-state index in [2.05, 4.69) is 30.3 Å². The summed E-state index contributed by atoms with van der Waals surface area (Å²) in [5.74, 6) is 0. The van der Waals surface area contributed by atoms with Gasteiger partial charge in [0.15, 0.2) is 0 Å². The maximum atomic E-state index is 3.64. The average molecular weight is 244 g/mol. The third kappa shape index (κ3) is 5.55. The second kappa shape index (κ2) is 8.37. The molecule has 3 heteroatoms. The van der Waals surface area contributed by atoms with Crippen molar-refractivity contribution in [2.45, 2.75) is 50.8 Å². The van der Waals surface area contributed by atoms with E-state index in [0.717, 1.165) is 11.3 Å². The van der Waals surface area contributed by atoms with Gasteiger partial charge in [-0.15, -0.1) is 0 Å². The molecule has 16 heavy (non-hydrogen) atoms. The first-order valence-corrected chi connectivity index (χ1v) is 8.03.